The molecule has 1 aromatic carbocycles. The van der Waals surface area contributed by atoms with Crippen LogP contribution >= 0.6 is 0 Å². The molecule has 1 aromatic rings. The molecule has 1 heterocycles. The molecule has 2 fully saturated rings. The standard InChI is InChI=1S/C18H26N2O2/c19-17(21)11-18(22)9-2-10-20(13-18)12-14-5-7-16(8-6-14)15-3-1-4-15/h5-8,15,22H,1-4,9-13H2,(H2,19,21). The number of likely N-dealkylation sites (tertiary alicyclic amines) is 1. The van der Waals surface area contributed by atoms with Gasteiger partial charge < -0.3 is 10.8 Å². The lowest BCUT2D eigenvalue weighted by molar-refractivity contribution is -0.125. The Bertz CT molecular complexity index is 524. The van der Waals surface area contributed by atoms with Gasteiger partial charge in [0.25, 0.3) is 0 Å². The van der Waals surface area contributed by atoms with Crippen LogP contribution in [0.1, 0.15) is 55.6 Å². The molecule has 4 heteroatoms. The molecule has 1 saturated carbocycles. The van der Waals surface area contributed by atoms with Crippen LogP contribution in [-0.2, 0) is 11.3 Å². The molecule has 0 aromatic heterocycles. The predicted molar refractivity (Wildman–Crippen MR) is 86.3 cm³/mol. The molecule has 2 aliphatic rings. The summed E-state index contributed by atoms with van der Waals surface area (Å²) in [6.45, 7) is 2.32. The number of carbonyl (C=O) groups is 1. The number of rotatable bonds is 5. The SMILES string of the molecule is NC(=O)CC1(O)CCCN(Cc2ccc(C3CCC3)cc2)C1. The van der Waals surface area contributed by atoms with Crippen LogP contribution in [-0.4, -0.2) is 34.6 Å². The van der Waals surface area contributed by atoms with E-state index < -0.39 is 11.5 Å². The molecule has 0 spiro atoms. The normalized spacial score (nSPS) is 26.6. The van der Waals surface area contributed by atoms with Crippen LogP contribution in [0.4, 0.5) is 0 Å². The van der Waals surface area contributed by atoms with Crippen LogP contribution in [0.2, 0.25) is 0 Å². The molecule has 3 rings (SSSR count). The minimum Gasteiger partial charge on any atom is -0.388 e. The van der Waals surface area contributed by atoms with Crippen molar-refractivity contribution < 1.29 is 9.90 Å². The second-order valence-corrected chi connectivity index (χ2v) is 7.05. The first kappa shape index (κ1) is 15.5. The molecule has 0 bridgehead atoms. The van der Waals surface area contributed by atoms with E-state index in [1.807, 2.05) is 0 Å². The van der Waals surface area contributed by atoms with Gasteiger partial charge in [-0.25, -0.2) is 0 Å². The third-order valence-electron chi connectivity index (χ3n) is 5.10. The third kappa shape index (κ3) is 3.68. The van der Waals surface area contributed by atoms with E-state index >= 15 is 0 Å². The van der Waals surface area contributed by atoms with Crippen LogP contribution in [0.5, 0.6) is 0 Å². The zero-order valence-electron chi connectivity index (χ0n) is 13.1. The van der Waals surface area contributed by atoms with E-state index in [-0.39, 0.29) is 6.42 Å². The summed E-state index contributed by atoms with van der Waals surface area (Å²) >= 11 is 0. The van der Waals surface area contributed by atoms with Gasteiger partial charge in [-0.3, -0.25) is 9.69 Å². The van der Waals surface area contributed by atoms with Gasteiger partial charge in [-0.05, 0) is 49.3 Å². The number of nitrogens with zero attached hydrogens (tertiary/aromatic N) is 1. The molecule has 4 nitrogen and oxygen atoms in total. The molecular weight excluding hydrogens is 276 g/mol. The Labute approximate surface area is 132 Å². The first-order valence-electron chi connectivity index (χ1n) is 8.36. The summed E-state index contributed by atoms with van der Waals surface area (Å²) in [6, 6.07) is 8.90. The summed E-state index contributed by atoms with van der Waals surface area (Å²) in [4.78, 5) is 13.3. The highest BCUT2D eigenvalue weighted by atomic mass is 16.3. The van der Waals surface area contributed by atoms with Gasteiger partial charge in [-0.15, -0.1) is 0 Å². The number of carbonyl (C=O) groups excluding carboxylic acids is 1. The first-order chi connectivity index (χ1) is 10.5. The number of hydrogen-bond donors (Lipinski definition) is 2. The van der Waals surface area contributed by atoms with E-state index in [1.54, 1.807) is 0 Å². The number of piperidine rings is 1. The smallest absolute Gasteiger partial charge is 0.220 e. The lowest BCUT2D eigenvalue weighted by Crippen LogP contribution is -2.49. The van der Waals surface area contributed by atoms with Gasteiger partial charge in [0.05, 0.1) is 12.0 Å². The number of benzene rings is 1. The summed E-state index contributed by atoms with van der Waals surface area (Å²) < 4.78 is 0. The van der Waals surface area contributed by atoms with Crippen molar-refractivity contribution in [1.82, 2.24) is 4.90 Å². The van der Waals surface area contributed by atoms with Crippen molar-refractivity contribution in [2.75, 3.05) is 13.1 Å². The third-order valence-corrected chi connectivity index (χ3v) is 5.10. The minimum atomic E-state index is -0.948. The Hall–Kier alpha value is -1.39. The molecule has 1 saturated heterocycles. The molecule has 1 amide bonds. The van der Waals surface area contributed by atoms with Crippen molar-refractivity contribution in [3.63, 3.8) is 0 Å². The van der Waals surface area contributed by atoms with Gasteiger partial charge in [0.15, 0.2) is 0 Å². The maximum absolute atomic E-state index is 11.1. The Balaban J connectivity index is 1.58. The Kier molecular flexibility index (Phi) is 4.50. The molecule has 120 valence electrons. The molecule has 1 unspecified atom stereocenters. The fourth-order valence-corrected chi connectivity index (χ4v) is 3.70. The van der Waals surface area contributed by atoms with Crippen molar-refractivity contribution in [1.29, 1.82) is 0 Å². The largest absolute Gasteiger partial charge is 0.388 e. The lowest BCUT2D eigenvalue weighted by atomic mass is 9.80. The number of amides is 1. The highest BCUT2D eigenvalue weighted by Crippen LogP contribution is 2.36. The topological polar surface area (TPSA) is 66.6 Å². The van der Waals surface area contributed by atoms with Crippen molar-refractivity contribution in [2.45, 2.75) is 56.6 Å². The fourth-order valence-electron chi connectivity index (χ4n) is 3.70. The quantitative estimate of drug-likeness (QED) is 0.876. The van der Waals surface area contributed by atoms with E-state index in [1.165, 1.54) is 30.4 Å². The van der Waals surface area contributed by atoms with Crippen molar-refractivity contribution in [2.24, 2.45) is 5.73 Å². The van der Waals surface area contributed by atoms with Crippen LogP contribution in [0.3, 0.4) is 0 Å². The summed E-state index contributed by atoms with van der Waals surface area (Å²) in [5.74, 6) is 0.346. The lowest BCUT2D eigenvalue weighted by Gasteiger charge is -2.38. The molecular formula is C18H26N2O2. The number of β-amino-alcohol motifs (C(OH)–C–C–N with tert-alkyl or cyclic N) is 1. The number of nitrogens with two attached hydrogens (primary N) is 1. The highest BCUT2D eigenvalue weighted by Gasteiger charge is 2.34. The van der Waals surface area contributed by atoms with E-state index in [0.29, 0.717) is 13.0 Å². The average Bonchev–Trinajstić information content (AvgIpc) is 2.37. The van der Waals surface area contributed by atoms with Crippen LogP contribution in [0, 0.1) is 0 Å². The van der Waals surface area contributed by atoms with Gasteiger partial charge in [-0.2, -0.15) is 0 Å². The number of primary amides is 1. The molecule has 1 atom stereocenters. The van der Waals surface area contributed by atoms with Gasteiger partial charge >= 0.3 is 0 Å². The summed E-state index contributed by atoms with van der Waals surface area (Å²) in [5, 5.41) is 10.5. The predicted octanol–water partition coefficient (Wildman–Crippen LogP) is 2.16. The van der Waals surface area contributed by atoms with Gasteiger partial charge in [0, 0.05) is 13.1 Å². The molecule has 22 heavy (non-hydrogen) atoms. The zero-order chi connectivity index (χ0) is 15.6. The van der Waals surface area contributed by atoms with Gasteiger partial charge in [0.1, 0.15) is 0 Å². The Morgan fingerprint density at radius 2 is 2.00 bits per heavy atom. The average molecular weight is 302 g/mol. The minimum absolute atomic E-state index is 0.0596. The van der Waals surface area contributed by atoms with Gasteiger partial charge in [-0.1, -0.05) is 30.7 Å². The maximum Gasteiger partial charge on any atom is 0.220 e. The number of aliphatic hydroxyl groups is 1. The fraction of sp³-hybridized carbons (Fsp3) is 0.611. The maximum atomic E-state index is 11.1. The highest BCUT2D eigenvalue weighted by molar-refractivity contribution is 5.75. The Morgan fingerprint density at radius 1 is 1.27 bits per heavy atom. The zero-order valence-corrected chi connectivity index (χ0v) is 13.1. The van der Waals surface area contributed by atoms with Crippen LogP contribution in [0.15, 0.2) is 24.3 Å². The second kappa shape index (κ2) is 6.39. The second-order valence-electron chi connectivity index (χ2n) is 7.05. The van der Waals surface area contributed by atoms with Crippen molar-refractivity contribution in [3.8, 4) is 0 Å². The first-order valence-corrected chi connectivity index (χ1v) is 8.36. The molecule has 0 radical (unpaired) electrons. The van der Waals surface area contributed by atoms with E-state index in [0.717, 1.165) is 25.4 Å². The molecule has 3 N–H and O–H groups in total. The summed E-state index contributed by atoms with van der Waals surface area (Å²) in [7, 11) is 0. The molecule has 1 aliphatic carbocycles. The van der Waals surface area contributed by atoms with Gasteiger partial charge in [0.2, 0.25) is 5.91 Å². The summed E-state index contributed by atoms with van der Waals surface area (Å²) in [5.41, 5.74) is 7.03. The van der Waals surface area contributed by atoms with Crippen molar-refractivity contribution >= 4 is 5.91 Å². The van der Waals surface area contributed by atoms with Crippen LogP contribution in [0.25, 0.3) is 0 Å². The van der Waals surface area contributed by atoms with Crippen molar-refractivity contribution in [3.05, 3.63) is 35.4 Å². The summed E-state index contributed by atoms with van der Waals surface area (Å²) in [6.07, 6.45) is 5.64. The molecule has 1 aliphatic heterocycles. The van der Waals surface area contributed by atoms with Crippen LogP contribution < -0.4 is 5.73 Å². The van der Waals surface area contributed by atoms with E-state index in [9.17, 15) is 9.90 Å². The number of hydrogen-bond acceptors (Lipinski definition) is 3. The Morgan fingerprint density at radius 3 is 2.59 bits per heavy atom. The van der Waals surface area contributed by atoms with E-state index in [2.05, 4.69) is 29.2 Å². The van der Waals surface area contributed by atoms with E-state index in [4.69, 9.17) is 5.73 Å². The monoisotopic (exact) mass is 302 g/mol.